The van der Waals surface area contributed by atoms with Gasteiger partial charge in [-0.05, 0) is 18.9 Å². The summed E-state index contributed by atoms with van der Waals surface area (Å²) in [6.45, 7) is 6.35. The summed E-state index contributed by atoms with van der Waals surface area (Å²) in [5.41, 5.74) is 1.95. The smallest absolute Gasteiger partial charge is 0.218 e. The first kappa shape index (κ1) is 21.7. The summed E-state index contributed by atoms with van der Waals surface area (Å²) in [5.74, 6) is 2.48. The molecule has 8 nitrogen and oxygen atoms in total. The van der Waals surface area contributed by atoms with Crippen molar-refractivity contribution in [2.45, 2.75) is 45.7 Å². The molecular weight excluding hydrogens is 358 g/mol. The number of aliphatic imine (C=N–C) groups is 1. The third-order valence-corrected chi connectivity index (χ3v) is 4.46. The maximum absolute atomic E-state index is 5.66. The van der Waals surface area contributed by atoms with Gasteiger partial charge in [0, 0.05) is 44.4 Å². The highest BCUT2D eigenvalue weighted by atomic mass is 16.5. The Morgan fingerprint density at radius 3 is 2.71 bits per heavy atom. The molecular formula is C20H31N5O3. The van der Waals surface area contributed by atoms with Crippen molar-refractivity contribution in [2.75, 3.05) is 27.4 Å². The standard InChI is InChI=1S/C20H31N5O3/c1-5-15(6-2)18-12-17(28-25-18)14-24-20(21-3)23-13-16-8-7-9-22-19(16)27-11-10-26-4/h7-9,12,15H,5-6,10-11,13-14H2,1-4H3,(H2,21,23,24). The minimum atomic E-state index is 0.442. The normalized spacial score (nSPS) is 11.7. The van der Waals surface area contributed by atoms with Crippen molar-refractivity contribution < 1.29 is 14.0 Å². The van der Waals surface area contributed by atoms with Crippen molar-refractivity contribution >= 4 is 5.96 Å². The molecule has 0 bridgehead atoms. The minimum Gasteiger partial charge on any atom is -0.475 e. The molecule has 2 heterocycles. The van der Waals surface area contributed by atoms with Gasteiger partial charge < -0.3 is 24.6 Å². The summed E-state index contributed by atoms with van der Waals surface area (Å²) < 4.78 is 16.1. The number of methoxy groups -OCH3 is 1. The summed E-state index contributed by atoms with van der Waals surface area (Å²) in [5, 5.41) is 10.7. The zero-order valence-corrected chi connectivity index (χ0v) is 17.2. The number of pyridine rings is 1. The number of nitrogens with one attached hydrogen (secondary N) is 2. The van der Waals surface area contributed by atoms with Gasteiger partial charge in [0.15, 0.2) is 11.7 Å². The van der Waals surface area contributed by atoms with Crippen molar-refractivity contribution in [1.82, 2.24) is 20.8 Å². The van der Waals surface area contributed by atoms with Gasteiger partial charge in [-0.25, -0.2) is 4.98 Å². The molecule has 2 N–H and O–H groups in total. The zero-order chi connectivity index (χ0) is 20.2. The molecule has 154 valence electrons. The van der Waals surface area contributed by atoms with Gasteiger partial charge in [0.2, 0.25) is 5.88 Å². The van der Waals surface area contributed by atoms with Gasteiger partial charge in [-0.1, -0.05) is 25.1 Å². The van der Waals surface area contributed by atoms with E-state index in [9.17, 15) is 0 Å². The number of hydrogen-bond donors (Lipinski definition) is 2. The monoisotopic (exact) mass is 389 g/mol. The van der Waals surface area contributed by atoms with Gasteiger partial charge in [-0.15, -0.1) is 0 Å². The number of rotatable bonds is 11. The van der Waals surface area contributed by atoms with Crippen molar-refractivity contribution in [2.24, 2.45) is 4.99 Å². The first-order chi connectivity index (χ1) is 13.7. The fourth-order valence-corrected chi connectivity index (χ4v) is 2.79. The Bertz CT molecular complexity index is 728. The first-order valence-corrected chi connectivity index (χ1v) is 9.67. The highest BCUT2D eigenvalue weighted by Crippen LogP contribution is 2.22. The van der Waals surface area contributed by atoms with Crippen LogP contribution in [0.1, 0.15) is 49.6 Å². The molecule has 0 atom stereocenters. The Balaban J connectivity index is 1.87. The van der Waals surface area contributed by atoms with E-state index >= 15 is 0 Å². The van der Waals surface area contributed by atoms with Crippen LogP contribution >= 0.6 is 0 Å². The Hall–Kier alpha value is -2.61. The van der Waals surface area contributed by atoms with Crippen LogP contribution in [-0.4, -0.2) is 43.5 Å². The van der Waals surface area contributed by atoms with Gasteiger partial charge in [0.05, 0.1) is 18.8 Å². The van der Waals surface area contributed by atoms with E-state index in [0.717, 1.165) is 29.9 Å². The number of aromatic nitrogens is 2. The third kappa shape index (κ3) is 6.53. The summed E-state index contributed by atoms with van der Waals surface area (Å²) in [7, 11) is 3.37. The van der Waals surface area contributed by atoms with Gasteiger partial charge >= 0.3 is 0 Å². The number of ether oxygens (including phenoxy) is 2. The zero-order valence-electron chi connectivity index (χ0n) is 17.2. The molecule has 2 aromatic rings. The van der Waals surface area contributed by atoms with Gasteiger partial charge in [0.25, 0.3) is 0 Å². The maximum Gasteiger partial charge on any atom is 0.218 e. The van der Waals surface area contributed by atoms with Crippen LogP contribution in [0.25, 0.3) is 0 Å². The molecule has 28 heavy (non-hydrogen) atoms. The van der Waals surface area contributed by atoms with Gasteiger partial charge in [-0.3, -0.25) is 4.99 Å². The Morgan fingerprint density at radius 1 is 1.21 bits per heavy atom. The predicted octanol–water partition coefficient (Wildman–Crippen LogP) is 2.86. The van der Waals surface area contributed by atoms with Crippen molar-refractivity contribution in [3.63, 3.8) is 0 Å². The van der Waals surface area contributed by atoms with Gasteiger partial charge in [-0.2, -0.15) is 0 Å². The van der Waals surface area contributed by atoms with Crippen LogP contribution in [0.4, 0.5) is 0 Å². The second-order valence-corrected chi connectivity index (χ2v) is 6.32. The molecule has 0 spiro atoms. The molecule has 0 saturated heterocycles. The van der Waals surface area contributed by atoms with Gasteiger partial charge in [0.1, 0.15) is 6.61 Å². The van der Waals surface area contributed by atoms with E-state index in [1.54, 1.807) is 20.4 Å². The van der Waals surface area contributed by atoms with E-state index in [0.29, 0.717) is 44.1 Å². The average molecular weight is 390 g/mol. The highest BCUT2D eigenvalue weighted by Gasteiger charge is 2.13. The number of hydrogen-bond acceptors (Lipinski definition) is 6. The molecule has 0 amide bonds. The van der Waals surface area contributed by atoms with E-state index in [2.05, 4.69) is 39.6 Å². The molecule has 0 aliphatic rings. The third-order valence-electron chi connectivity index (χ3n) is 4.46. The van der Waals surface area contributed by atoms with Crippen LogP contribution in [0.5, 0.6) is 5.88 Å². The Kier molecular flexibility index (Phi) is 9.27. The lowest BCUT2D eigenvalue weighted by atomic mass is 9.99. The largest absolute Gasteiger partial charge is 0.475 e. The van der Waals surface area contributed by atoms with Crippen LogP contribution in [0.3, 0.4) is 0 Å². The van der Waals surface area contributed by atoms with Crippen LogP contribution in [0, 0.1) is 0 Å². The molecule has 0 saturated carbocycles. The first-order valence-electron chi connectivity index (χ1n) is 9.67. The fraction of sp³-hybridized carbons (Fsp3) is 0.550. The molecule has 0 fully saturated rings. The van der Waals surface area contributed by atoms with E-state index in [1.807, 2.05) is 18.2 Å². The van der Waals surface area contributed by atoms with Crippen molar-refractivity contribution in [3.05, 3.63) is 41.4 Å². The second kappa shape index (κ2) is 12.0. The Labute approximate surface area is 166 Å². The topological polar surface area (TPSA) is 93.8 Å². The summed E-state index contributed by atoms with van der Waals surface area (Å²) in [6, 6.07) is 5.86. The molecule has 2 rings (SSSR count). The summed E-state index contributed by atoms with van der Waals surface area (Å²) in [4.78, 5) is 8.53. The lowest BCUT2D eigenvalue weighted by molar-refractivity contribution is 0.143. The van der Waals surface area contributed by atoms with E-state index in [4.69, 9.17) is 14.0 Å². The lowest BCUT2D eigenvalue weighted by Gasteiger charge is -2.13. The lowest BCUT2D eigenvalue weighted by Crippen LogP contribution is -2.36. The molecule has 0 aromatic carbocycles. The van der Waals surface area contributed by atoms with E-state index in [1.165, 1.54) is 0 Å². The SMILES string of the molecule is CCC(CC)c1cc(CNC(=NC)NCc2cccnc2OCCOC)on1. The summed E-state index contributed by atoms with van der Waals surface area (Å²) >= 11 is 0. The molecule has 0 radical (unpaired) electrons. The molecule has 0 unspecified atom stereocenters. The highest BCUT2D eigenvalue weighted by molar-refractivity contribution is 5.79. The predicted molar refractivity (Wildman–Crippen MR) is 108 cm³/mol. The molecule has 0 aliphatic heterocycles. The molecule has 2 aromatic heterocycles. The molecule has 8 heteroatoms. The average Bonchev–Trinajstić information content (AvgIpc) is 3.19. The number of guanidine groups is 1. The van der Waals surface area contributed by atoms with Crippen LogP contribution in [0.15, 0.2) is 33.9 Å². The number of nitrogens with zero attached hydrogens (tertiary/aromatic N) is 3. The minimum absolute atomic E-state index is 0.442. The fourth-order valence-electron chi connectivity index (χ4n) is 2.79. The Morgan fingerprint density at radius 2 is 2.00 bits per heavy atom. The van der Waals surface area contributed by atoms with E-state index in [-0.39, 0.29) is 0 Å². The summed E-state index contributed by atoms with van der Waals surface area (Å²) in [6.07, 6.45) is 3.82. The maximum atomic E-state index is 5.66. The van der Waals surface area contributed by atoms with E-state index < -0.39 is 0 Å². The second-order valence-electron chi connectivity index (χ2n) is 6.32. The van der Waals surface area contributed by atoms with Crippen molar-refractivity contribution in [3.8, 4) is 5.88 Å². The quantitative estimate of drug-likeness (QED) is 0.347. The molecule has 0 aliphatic carbocycles. The van der Waals surface area contributed by atoms with Crippen LogP contribution in [-0.2, 0) is 17.8 Å². The van der Waals surface area contributed by atoms with Crippen molar-refractivity contribution in [1.29, 1.82) is 0 Å². The van der Waals surface area contributed by atoms with Crippen LogP contribution < -0.4 is 15.4 Å². The van der Waals surface area contributed by atoms with Crippen LogP contribution in [0.2, 0.25) is 0 Å².